The van der Waals surface area contributed by atoms with Crippen LogP contribution < -0.4 is 0 Å². The average molecular weight is 329 g/mol. The summed E-state index contributed by atoms with van der Waals surface area (Å²) in [6.45, 7) is 5.15. The van der Waals surface area contributed by atoms with E-state index in [1.54, 1.807) is 6.07 Å². The van der Waals surface area contributed by atoms with Gasteiger partial charge in [-0.3, -0.25) is 4.79 Å². The van der Waals surface area contributed by atoms with Crippen molar-refractivity contribution in [1.29, 1.82) is 0 Å². The van der Waals surface area contributed by atoms with Gasteiger partial charge >= 0.3 is 0 Å². The number of carbonyl (C=O) groups is 1. The molecule has 1 saturated carbocycles. The summed E-state index contributed by atoms with van der Waals surface area (Å²) in [5.41, 5.74) is 0.528. The molecule has 21 heavy (non-hydrogen) atoms. The van der Waals surface area contributed by atoms with E-state index in [-0.39, 0.29) is 11.1 Å². The van der Waals surface area contributed by atoms with E-state index in [0.717, 1.165) is 25.8 Å². The third kappa shape index (κ3) is 4.33. The molecule has 0 radical (unpaired) electrons. The van der Waals surface area contributed by atoms with E-state index in [0.29, 0.717) is 22.5 Å². The fourth-order valence-electron chi connectivity index (χ4n) is 2.77. The topological polar surface area (TPSA) is 33.2 Å². The molecule has 0 aliphatic heterocycles. The summed E-state index contributed by atoms with van der Waals surface area (Å²) < 4.78 is 0. The minimum absolute atomic E-state index is 0.0219. The quantitative estimate of drug-likeness (QED) is 0.726. The summed E-state index contributed by atoms with van der Waals surface area (Å²) in [5.74, 6) is 0.599. The minimum atomic E-state index is 0.0219. The van der Waals surface area contributed by atoms with Gasteiger partial charge < -0.3 is 4.90 Å². The van der Waals surface area contributed by atoms with E-state index in [4.69, 9.17) is 23.2 Å². The SMILES string of the molecule is CC(C)CCN(C(=O)c1cnc(Cl)c(Cl)c1)C1CCCC1. The van der Waals surface area contributed by atoms with E-state index in [1.807, 2.05) is 4.90 Å². The lowest BCUT2D eigenvalue weighted by molar-refractivity contribution is 0.0671. The molecule has 0 bridgehead atoms. The van der Waals surface area contributed by atoms with E-state index in [2.05, 4.69) is 18.8 Å². The van der Waals surface area contributed by atoms with Crippen molar-refractivity contribution in [2.24, 2.45) is 5.92 Å². The second kappa shape index (κ2) is 7.46. The number of nitrogens with zero attached hydrogens (tertiary/aromatic N) is 2. The monoisotopic (exact) mass is 328 g/mol. The maximum Gasteiger partial charge on any atom is 0.255 e. The minimum Gasteiger partial charge on any atom is -0.336 e. The van der Waals surface area contributed by atoms with E-state index in [1.165, 1.54) is 19.0 Å². The molecule has 0 unspecified atom stereocenters. The van der Waals surface area contributed by atoms with Gasteiger partial charge in [0.2, 0.25) is 0 Å². The Bertz CT molecular complexity index is 499. The summed E-state index contributed by atoms with van der Waals surface area (Å²) in [5, 5.41) is 0.570. The molecular formula is C16H22Cl2N2O. The maximum atomic E-state index is 12.8. The summed E-state index contributed by atoms with van der Waals surface area (Å²) >= 11 is 11.8. The van der Waals surface area contributed by atoms with Crippen molar-refractivity contribution in [3.63, 3.8) is 0 Å². The number of hydrogen-bond donors (Lipinski definition) is 0. The van der Waals surface area contributed by atoms with Gasteiger partial charge in [-0.2, -0.15) is 0 Å². The standard InChI is InChI=1S/C16H22Cl2N2O/c1-11(2)7-8-20(13-5-3-4-6-13)16(21)12-9-14(17)15(18)19-10-12/h9-11,13H,3-8H2,1-2H3. The van der Waals surface area contributed by atoms with Crippen LogP contribution in [0.4, 0.5) is 0 Å². The molecule has 1 fully saturated rings. The zero-order chi connectivity index (χ0) is 15.4. The van der Waals surface area contributed by atoms with Crippen molar-refractivity contribution in [2.75, 3.05) is 6.54 Å². The molecule has 0 aromatic carbocycles. The zero-order valence-electron chi connectivity index (χ0n) is 12.6. The first kappa shape index (κ1) is 16.6. The second-order valence-corrected chi connectivity index (χ2v) is 6.88. The molecule has 116 valence electrons. The number of pyridine rings is 1. The first-order valence-electron chi connectivity index (χ1n) is 7.61. The average Bonchev–Trinajstić information content (AvgIpc) is 2.95. The first-order valence-corrected chi connectivity index (χ1v) is 8.36. The van der Waals surface area contributed by atoms with Gasteiger partial charge in [-0.25, -0.2) is 4.98 Å². The molecule has 1 aromatic heterocycles. The van der Waals surface area contributed by atoms with Gasteiger partial charge in [-0.15, -0.1) is 0 Å². The molecule has 5 heteroatoms. The summed E-state index contributed by atoms with van der Waals surface area (Å²) in [6, 6.07) is 1.97. The van der Waals surface area contributed by atoms with Crippen LogP contribution in [0.2, 0.25) is 10.2 Å². The molecule has 1 heterocycles. The molecule has 2 rings (SSSR count). The van der Waals surface area contributed by atoms with E-state index < -0.39 is 0 Å². The van der Waals surface area contributed by atoms with Gasteiger partial charge in [0.15, 0.2) is 0 Å². The zero-order valence-corrected chi connectivity index (χ0v) is 14.1. The smallest absolute Gasteiger partial charge is 0.255 e. The highest BCUT2D eigenvalue weighted by Crippen LogP contribution is 2.27. The molecule has 1 amide bonds. The Labute approximate surface area is 136 Å². The van der Waals surface area contributed by atoms with Crippen LogP contribution in [0.3, 0.4) is 0 Å². The van der Waals surface area contributed by atoms with Crippen LogP contribution in [0.5, 0.6) is 0 Å². The van der Waals surface area contributed by atoms with E-state index >= 15 is 0 Å². The Hall–Kier alpha value is -0.800. The van der Waals surface area contributed by atoms with Crippen LogP contribution in [0.1, 0.15) is 56.3 Å². The van der Waals surface area contributed by atoms with E-state index in [9.17, 15) is 4.79 Å². The molecule has 1 aromatic rings. The molecule has 1 aliphatic rings. The summed E-state index contributed by atoms with van der Waals surface area (Å²) in [6.07, 6.45) is 7.13. The number of halogens is 2. The number of amides is 1. The molecule has 0 atom stereocenters. The normalized spacial score (nSPS) is 15.7. The van der Waals surface area contributed by atoms with Crippen molar-refractivity contribution >= 4 is 29.1 Å². The predicted molar refractivity (Wildman–Crippen MR) is 87.0 cm³/mol. The Balaban J connectivity index is 2.17. The first-order chi connectivity index (χ1) is 9.99. The highest BCUT2D eigenvalue weighted by molar-refractivity contribution is 6.41. The number of carbonyl (C=O) groups excluding carboxylic acids is 1. The highest BCUT2D eigenvalue weighted by atomic mass is 35.5. The van der Waals surface area contributed by atoms with Crippen molar-refractivity contribution in [3.05, 3.63) is 28.0 Å². The lowest BCUT2D eigenvalue weighted by atomic mass is 10.1. The van der Waals surface area contributed by atoms with Crippen LogP contribution in [0, 0.1) is 5.92 Å². The summed E-state index contributed by atoms with van der Waals surface area (Å²) in [7, 11) is 0. The van der Waals surface area contributed by atoms with Crippen LogP contribution in [0.15, 0.2) is 12.3 Å². The Kier molecular flexibility index (Phi) is 5.88. The Morgan fingerprint density at radius 1 is 1.38 bits per heavy atom. The molecule has 0 spiro atoms. The third-order valence-electron chi connectivity index (χ3n) is 4.02. The Morgan fingerprint density at radius 2 is 2.05 bits per heavy atom. The van der Waals surface area contributed by atoms with Gasteiger partial charge in [-0.05, 0) is 31.2 Å². The van der Waals surface area contributed by atoms with Gasteiger partial charge in [0.1, 0.15) is 5.15 Å². The highest BCUT2D eigenvalue weighted by Gasteiger charge is 2.27. The lowest BCUT2D eigenvalue weighted by Crippen LogP contribution is -2.40. The molecule has 0 saturated heterocycles. The molecule has 1 aliphatic carbocycles. The number of hydrogen-bond acceptors (Lipinski definition) is 2. The second-order valence-electron chi connectivity index (χ2n) is 6.12. The van der Waals surface area contributed by atoms with Gasteiger partial charge in [0, 0.05) is 18.8 Å². The van der Waals surface area contributed by atoms with Crippen LogP contribution in [-0.4, -0.2) is 28.4 Å². The molecular weight excluding hydrogens is 307 g/mol. The lowest BCUT2D eigenvalue weighted by Gasteiger charge is -2.30. The maximum absolute atomic E-state index is 12.8. The fourth-order valence-corrected chi connectivity index (χ4v) is 3.04. The molecule has 0 N–H and O–H groups in total. The van der Waals surface area contributed by atoms with Crippen LogP contribution in [-0.2, 0) is 0 Å². The van der Waals surface area contributed by atoms with Crippen LogP contribution in [0.25, 0.3) is 0 Å². The van der Waals surface area contributed by atoms with Crippen molar-refractivity contribution in [1.82, 2.24) is 9.88 Å². The van der Waals surface area contributed by atoms with Crippen molar-refractivity contribution in [3.8, 4) is 0 Å². The third-order valence-corrected chi connectivity index (χ3v) is 4.70. The Morgan fingerprint density at radius 3 is 2.62 bits per heavy atom. The number of rotatable bonds is 5. The largest absolute Gasteiger partial charge is 0.336 e. The van der Waals surface area contributed by atoms with Gasteiger partial charge in [0.05, 0.1) is 10.6 Å². The predicted octanol–water partition coefficient (Wildman–Crippen LogP) is 4.82. The van der Waals surface area contributed by atoms with Crippen molar-refractivity contribution in [2.45, 2.75) is 52.0 Å². The van der Waals surface area contributed by atoms with Gasteiger partial charge in [-0.1, -0.05) is 49.9 Å². The van der Waals surface area contributed by atoms with Crippen molar-refractivity contribution < 1.29 is 4.79 Å². The number of aromatic nitrogens is 1. The fraction of sp³-hybridized carbons (Fsp3) is 0.625. The van der Waals surface area contributed by atoms with Crippen LogP contribution >= 0.6 is 23.2 Å². The summed E-state index contributed by atoms with van der Waals surface area (Å²) in [4.78, 5) is 18.8. The van der Waals surface area contributed by atoms with Gasteiger partial charge in [0.25, 0.3) is 5.91 Å². The molecule has 3 nitrogen and oxygen atoms in total.